The number of aliphatic carboxylic acids is 1. The Morgan fingerprint density at radius 1 is 1.29 bits per heavy atom. The molecule has 0 fully saturated rings. The summed E-state index contributed by atoms with van der Waals surface area (Å²) >= 11 is 0. The van der Waals surface area contributed by atoms with E-state index in [1.807, 2.05) is 0 Å². The molecule has 1 aromatic rings. The fraction of sp³-hybridized carbons (Fsp3) is 0.182. The normalized spacial score (nSPS) is 9.64. The molecule has 1 N–H and O–H groups in total. The number of hydrogen-bond acceptors (Lipinski definition) is 1. The molecule has 0 aliphatic carbocycles. The summed E-state index contributed by atoms with van der Waals surface area (Å²) in [5.41, 5.74) is 0.755. The second-order valence-corrected chi connectivity index (χ2v) is 3.16. The van der Waals surface area contributed by atoms with Crippen molar-refractivity contribution in [1.82, 2.24) is 0 Å². The van der Waals surface area contributed by atoms with Crippen LogP contribution in [0.15, 0.2) is 29.8 Å². The Labute approximate surface area is 81.7 Å². The van der Waals surface area contributed by atoms with E-state index in [2.05, 4.69) is 0 Å². The summed E-state index contributed by atoms with van der Waals surface area (Å²) in [4.78, 5) is 10.9. The molecular weight excluding hydrogens is 183 g/mol. The molecule has 0 aliphatic rings. The third-order valence-electron chi connectivity index (χ3n) is 1.86. The van der Waals surface area contributed by atoms with Crippen molar-refractivity contribution in [3.05, 3.63) is 41.2 Å². The molecule has 0 aromatic heterocycles. The minimum atomic E-state index is -1.10. The number of carboxylic acid groups (broad SMARTS) is 1. The summed E-state index contributed by atoms with van der Waals surface area (Å²) < 4.78 is 13.3. The van der Waals surface area contributed by atoms with Crippen LogP contribution in [0, 0.1) is 5.82 Å². The van der Waals surface area contributed by atoms with Crippen LogP contribution in [0.25, 0.3) is 5.57 Å². The molecule has 1 rings (SSSR count). The van der Waals surface area contributed by atoms with E-state index in [1.165, 1.54) is 18.2 Å². The van der Waals surface area contributed by atoms with E-state index in [0.717, 1.165) is 0 Å². The second kappa shape index (κ2) is 4.05. The van der Waals surface area contributed by atoms with Crippen LogP contribution >= 0.6 is 0 Å². The number of hydrogen-bond donors (Lipinski definition) is 1. The van der Waals surface area contributed by atoms with Crippen molar-refractivity contribution in [2.45, 2.75) is 13.8 Å². The number of carbonyl (C=O) groups is 1. The number of carboxylic acids is 1. The summed E-state index contributed by atoms with van der Waals surface area (Å²) in [6, 6.07) is 5.86. The minimum absolute atomic E-state index is 0.0306. The van der Waals surface area contributed by atoms with Crippen molar-refractivity contribution in [3.63, 3.8) is 0 Å². The lowest BCUT2D eigenvalue weighted by molar-refractivity contribution is -0.130. The third-order valence-corrected chi connectivity index (χ3v) is 1.86. The van der Waals surface area contributed by atoms with Crippen molar-refractivity contribution in [2.75, 3.05) is 0 Å². The first-order valence-corrected chi connectivity index (χ1v) is 4.19. The number of benzene rings is 1. The van der Waals surface area contributed by atoms with Gasteiger partial charge in [0.05, 0.1) is 5.57 Å². The van der Waals surface area contributed by atoms with E-state index in [-0.39, 0.29) is 11.1 Å². The minimum Gasteiger partial charge on any atom is -0.478 e. The van der Waals surface area contributed by atoms with Crippen LogP contribution in [0.4, 0.5) is 4.39 Å². The number of rotatable bonds is 2. The molecule has 0 radical (unpaired) electrons. The van der Waals surface area contributed by atoms with Crippen LogP contribution < -0.4 is 0 Å². The van der Waals surface area contributed by atoms with Gasteiger partial charge in [0.15, 0.2) is 0 Å². The van der Waals surface area contributed by atoms with Gasteiger partial charge >= 0.3 is 5.97 Å². The molecule has 0 atom stereocenters. The Kier molecular flexibility index (Phi) is 3.02. The molecule has 2 nitrogen and oxygen atoms in total. The Morgan fingerprint density at radius 3 is 2.29 bits per heavy atom. The zero-order valence-corrected chi connectivity index (χ0v) is 8.04. The highest BCUT2D eigenvalue weighted by Crippen LogP contribution is 2.21. The van der Waals surface area contributed by atoms with E-state index in [4.69, 9.17) is 5.11 Å². The van der Waals surface area contributed by atoms with Crippen molar-refractivity contribution < 1.29 is 14.3 Å². The molecule has 0 heterocycles. The maximum absolute atomic E-state index is 13.3. The maximum atomic E-state index is 13.3. The van der Waals surface area contributed by atoms with Gasteiger partial charge in [-0.1, -0.05) is 23.8 Å². The Bertz CT molecular complexity index is 390. The first-order chi connectivity index (χ1) is 6.54. The standard InChI is InChI=1S/C11H11FO2/c1-7(2)10(11(13)14)8-5-3-4-6-9(8)12/h3-6H,1-2H3,(H,13,14). The molecule has 0 saturated heterocycles. The summed E-state index contributed by atoms with van der Waals surface area (Å²) in [6.07, 6.45) is 0. The molecule has 0 spiro atoms. The summed E-state index contributed by atoms with van der Waals surface area (Å²) in [5.74, 6) is -1.61. The first kappa shape index (κ1) is 10.4. The maximum Gasteiger partial charge on any atom is 0.336 e. The lowest BCUT2D eigenvalue weighted by Gasteiger charge is -2.05. The lowest BCUT2D eigenvalue weighted by atomic mass is 10.0. The average Bonchev–Trinajstić information content (AvgIpc) is 2.07. The highest BCUT2D eigenvalue weighted by molar-refractivity contribution is 6.16. The second-order valence-electron chi connectivity index (χ2n) is 3.16. The molecule has 74 valence electrons. The molecular formula is C11H11FO2. The van der Waals surface area contributed by atoms with Crippen molar-refractivity contribution in [2.24, 2.45) is 0 Å². The van der Waals surface area contributed by atoms with Gasteiger partial charge in [0, 0.05) is 5.56 Å². The zero-order chi connectivity index (χ0) is 10.7. The molecule has 0 aliphatic heterocycles. The van der Waals surface area contributed by atoms with E-state index < -0.39 is 11.8 Å². The quantitative estimate of drug-likeness (QED) is 0.735. The van der Waals surface area contributed by atoms with E-state index in [0.29, 0.717) is 5.57 Å². The zero-order valence-electron chi connectivity index (χ0n) is 8.04. The molecule has 14 heavy (non-hydrogen) atoms. The third kappa shape index (κ3) is 1.99. The monoisotopic (exact) mass is 194 g/mol. The summed E-state index contributed by atoms with van der Waals surface area (Å²) in [6.45, 7) is 3.30. The van der Waals surface area contributed by atoms with Crippen molar-refractivity contribution >= 4 is 11.5 Å². The van der Waals surface area contributed by atoms with E-state index >= 15 is 0 Å². The fourth-order valence-electron chi connectivity index (χ4n) is 1.26. The van der Waals surface area contributed by atoms with Gasteiger partial charge in [-0.05, 0) is 19.9 Å². The molecule has 1 aromatic carbocycles. The highest BCUT2D eigenvalue weighted by Gasteiger charge is 2.15. The van der Waals surface area contributed by atoms with Crippen LogP contribution in [-0.4, -0.2) is 11.1 Å². The summed E-state index contributed by atoms with van der Waals surface area (Å²) in [5, 5.41) is 8.90. The highest BCUT2D eigenvalue weighted by atomic mass is 19.1. The lowest BCUT2D eigenvalue weighted by Crippen LogP contribution is -2.03. The van der Waals surface area contributed by atoms with Crippen LogP contribution in [0.2, 0.25) is 0 Å². The Hall–Kier alpha value is -1.64. The van der Waals surface area contributed by atoms with Gasteiger partial charge in [0.1, 0.15) is 5.82 Å². The predicted molar refractivity (Wildman–Crippen MR) is 52.3 cm³/mol. The van der Waals surface area contributed by atoms with Gasteiger partial charge in [0.2, 0.25) is 0 Å². The Balaban J connectivity index is 3.35. The predicted octanol–water partition coefficient (Wildman–Crippen LogP) is 2.70. The van der Waals surface area contributed by atoms with Crippen molar-refractivity contribution in [1.29, 1.82) is 0 Å². The summed E-state index contributed by atoms with van der Waals surface area (Å²) in [7, 11) is 0. The molecule has 3 heteroatoms. The van der Waals surface area contributed by atoms with E-state index in [9.17, 15) is 9.18 Å². The average molecular weight is 194 g/mol. The smallest absolute Gasteiger partial charge is 0.336 e. The molecule has 0 unspecified atom stereocenters. The number of allylic oxidation sites excluding steroid dienone is 1. The van der Waals surface area contributed by atoms with Crippen LogP contribution in [0.1, 0.15) is 19.4 Å². The van der Waals surface area contributed by atoms with Crippen molar-refractivity contribution in [3.8, 4) is 0 Å². The Morgan fingerprint density at radius 2 is 1.86 bits per heavy atom. The van der Waals surface area contributed by atoms with Crippen LogP contribution in [0.5, 0.6) is 0 Å². The van der Waals surface area contributed by atoms with Crippen LogP contribution in [0.3, 0.4) is 0 Å². The van der Waals surface area contributed by atoms with Crippen LogP contribution in [-0.2, 0) is 4.79 Å². The van der Waals surface area contributed by atoms with Gasteiger partial charge in [-0.2, -0.15) is 0 Å². The van der Waals surface area contributed by atoms with Gasteiger partial charge in [-0.15, -0.1) is 0 Å². The van der Waals surface area contributed by atoms with E-state index in [1.54, 1.807) is 19.9 Å². The topological polar surface area (TPSA) is 37.3 Å². The SMILES string of the molecule is CC(C)=C(C(=O)O)c1ccccc1F. The van der Waals surface area contributed by atoms with Gasteiger partial charge in [-0.25, -0.2) is 9.18 Å². The molecule has 0 saturated carbocycles. The van der Waals surface area contributed by atoms with Gasteiger partial charge < -0.3 is 5.11 Å². The molecule has 0 amide bonds. The molecule has 0 bridgehead atoms. The van der Waals surface area contributed by atoms with Gasteiger partial charge in [-0.3, -0.25) is 0 Å². The first-order valence-electron chi connectivity index (χ1n) is 4.19. The van der Waals surface area contributed by atoms with Gasteiger partial charge in [0.25, 0.3) is 0 Å². The largest absolute Gasteiger partial charge is 0.478 e. The fourth-order valence-corrected chi connectivity index (χ4v) is 1.26. The number of halogens is 1.